The van der Waals surface area contributed by atoms with Crippen LogP contribution < -0.4 is 0 Å². The fraction of sp³-hybridized carbons (Fsp3) is 0.857. The molecule has 0 aromatic heterocycles. The molecule has 0 saturated heterocycles. The van der Waals surface area contributed by atoms with Gasteiger partial charge in [0.25, 0.3) is 0 Å². The number of rotatable bonds is 1. The number of carbonyl (C=O) groups is 1. The van der Waals surface area contributed by atoms with Crippen LogP contribution in [-0.2, 0) is 4.79 Å². The average Bonchev–Trinajstić information content (AvgIpc) is 2.90. The Bertz CT molecular complexity index is 489. The highest BCUT2D eigenvalue weighted by Crippen LogP contribution is 2.58. The van der Waals surface area contributed by atoms with Gasteiger partial charge in [-0.05, 0) is 75.0 Å². The van der Waals surface area contributed by atoms with E-state index in [2.05, 4.69) is 19.8 Å². The molecule has 4 aliphatic carbocycles. The predicted molar refractivity (Wildman–Crippen MR) is 91.4 cm³/mol. The maximum atomic E-state index is 10.9. The summed E-state index contributed by atoms with van der Waals surface area (Å²) in [6, 6.07) is 0. The molecule has 122 valence electrons. The second-order valence-corrected chi connectivity index (χ2v) is 9.59. The number of hydrogen-bond donors (Lipinski definition) is 0. The van der Waals surface area contributed by atoms with Crippen LogP contribution in [0.15, 0.2) is 0 Å². The molecule has 0 spiro atoms. The van der Waals surface area contributed by atoms with Crippen LogP contribution in [0, 0.1) is 34.0 Å². The average molecular weight is 300 g/mol. The summed E-state index contributed by atoms with van der Waals surface area (Å²) in [4.78, 5) is 10.9. The molecule has 22 heavy (non-hydrogen) atoms. The molecule has 0 aromatic rings. The molecule has 0 amide bonds. The van der Waals surface area contributed by atoms with Crippen molar-refractivity contribution in [3.8, 4) is 12.3 Å². The first-order valence-electron chi connectivity index (χ1n) is 9.31. The first-order chi connectivity index (χ1) is 10.4. The molecule has 1 nitrogen and oxygen atoms in total. The molecule has 4 bridgehead atoms. The quantitative estimate of drug-likeness (QED) is 0.460. The van der Waals surface area contributed by atoms with Crippen LogP contribution in [0.1, 0.15) is 90.9 Å². The van der Waals surface area contributed by atoms with Gasteiger partial charge in [0.1, 0.15) is 6.29 Å². The van der Waals surface area contributed by atoms with Crippen LogP contribution in [0.3, 0.4) is 0 Å². The van der Waals surface area contributed by atoms with E-state index in [1.807, 2.05) is 0 Å². The molecule has 4 fully saturated rings. The molecule has 1 heteroatoms. The van der Waals surface area contributed by atoms with Crippen molar-refractivity contribution < 1.29 is 4.79 Å². The number of terminal acetylenes is 1. The molecule has 0 N–H and O–H groups in total. The minimum absolute atomic E-state index is 0.118. The SMILES string of the molecule is C#CC12CCCC(C)(CC1)C2.CC12CCCC(C=O)(CC1)C2. The lowest BCUT2D eigenvalue weighted by Crippen LogP contribution is -2.26. The van der Waals surface area contributed by atoms with Gasteiger partial charge in [-0.25, -0.2) is 0 Å². The van der Waals surface area contributed by atoms with Crippen molar-refractivity contribution in [2.45, 2.75) is 90.9 Å². The monoisotopic (exact) mass is 300 g/mol. The summed E-state index contributed by atoms with van der Waals surface area (Å²) in [5.41, 5.74) is 1.59. The Morgan fingerprint density at radius 3 is 2.05 bits per heavy atom. The second kappa shape index (κ2) is 5.40. The van der Waals surface area contributed by atoms with Crippen LogP contribution in [0.5, 0.6) is 0 Å². The standard InChI is InChI=1S/C11H16.C10H16O/c1-3-11-6-4-5-10(2,9-11)7-8-11;1-9-3-2-4-10(7-9,8-11)6-5-9/h1H,4-9H2,2H3;8H,2-7H2,1H3. The molecule has 0 aromatic carbocycles. The molecule has 4 rings (SSSR count). The summed E-state index contributed by atoms with van der Waals surface area (Å²) >= 11 is 0. The van der Waals surface area contributed by atoms with E-state index in [-0.39, 0.29) is 5.41 Å². The van der Waals surface area contributed by atoms with Crippen molar-refractivity contribution in [2.75, 3.05) is 0 Å². The van der Waals surface area contributed by atoms with Gasteiger partial charge in [-0.1, -0.05) is 32.6 Å². The summed E-state index contributed by atoms with van der Waals surface area (Å²) in [6.07, 6.45) is 22.2. The van der Waals surface area contributed by atoms with Gasteiger partial charge in [-0.15, -0.1) is 6.42 Å². The van der Waals surface area contributed by atoms with Crippen LogP contribution >= 0.6 is 0 Å². The molecular weight excluding hydrogens is 268 g/mol. The zero-order valence-electron chi connectivity index (χ0n) is 14.5. The maximum Gasteiger partial charge on any atom is 0.126 e. The molecular formula is C21H32O. The van der Waals surface area contributed by atoms with Gasteiger partial charge in [0.15, 0.2) is 0 Å². The zero-order valence-corrected chi connectivity index (χ0v) is 14.5. The van der Waals surface area contributed by atoms with Gasteiger partial charge in [-0.2, -0.15) is 0 Å². The maximum absolute atomic E-state index is 10.9. The molecule has 0 aliphatic heterocycles. The Morgan fingerprint density at radius 2 is 1.45 bits per heavy atom. The third-order valence-corrected chi connectivity index (χ3v) is 7.42. The lowest BCUT2D eigenvalue weighted by molar-refractivity contribution is -0.117. The summed E-state index contributed by atoms with van der Waals surface area (Å²) in [7, 11) is 0. The van der Waals surface area contributed by atoms with E-state index < -0.39 is 0 Å². The first kappa shape index (κ1) is 16.1. The summed E-state index contributed by atoms with van der Waals surface area (Å²) in [6.45, 7) is 4.75. The molecule has 0 heterocycles. The highest BCUT2D eigenvalue weighted by molar-refractivity contribution is 5.60. The number of carbonyl (C=O) groups excluding carboxylic acids is 1. The summed E-state index contributed by atoms with van der Waals surface area (Å²) in [5.74, 6) is 3.03. The minimum Gasteiger partial charge on any atom is -0.303 e. The van der Waals surface area contributed by atoms with Crippen molar-refractivity contribution in [3.05, 3.63) is 0 Å². The smallest absolute Gasteiger partial charge is 0.126 e. The summed E-state index contributed by atoms with van der Waals surface area (Å²) in [5, 5.41) is 0. The van der Waals surface area contributed by atoms with Crippen molar-refractivity contribution in [1.29, 1.82) is 0 Å². The van der Waals surface area contributed by atoms with E-state index in [4.69, 9.17) is 6.42 Å². The third-order valence-electron chi connectivity index (χ3n) is 7.42. The largest absolute Gasteiger partial charge is 0.303 e. The van der Waals surface area contributed by atoms with Crippen LogP contribution in [0.4, 0.5) is 0 Å². The van der Waals surface area contributed by atoms with Crippen molar-refractivity contribution in [2.24, 2.45) is 21.7 Å². The van der Waals surface area contributed by atoms with Crippen LogP contribution in [-0.4, -0.2) is 6.29 Å². The van der Waals surface area contributed by atoms with Gasteiger partial charge in [0, 0.05) is 10.8 Å². The molecule has 0 radical (unpaired) electrons. The van der Waals surface area contributed by atoms with E-state index in [0.29, 0.717) is 16.2 Å². The Labute approximate surface area is 136 Å². The Hall–Kier alpha value is -0.770. The lowest BCUT2D eigenvalue weighted by atomic mass is 9.70. The molecule has 4 atom stereocenters. The van der Waals surface area contributed by atoms with E-state index in [1.165, 1.54) is 70.5 Å². The molecule has 4 aliphatic rings. The van der Waals surface area contributed by atoms with Crippen molar-refractivity contribution in [1.82, 2.24) is 0 Å². The van der Waals surface area contributed by atoms with E-state index in [0.717, 1.165) is 12.8 Å². The topological polar surface area (TPSA) is 17.1 Å². The Kier molecular flexibility index (Phi) is 3.95. The first-order valence-corrected chi connectivity index (χ1v) is 9.31. The predicted octanol–water partition coefficient (Wildman–Crippen LogP) is 5.53. The number of hydrogen-bond acceptors (Lipinski definition) is 1. The van der Waals surface area contributed by atoms with E-state index in [9.17, 15) is 4.79 Å². The van der Waals surface area contributed by atoms with Crippen LogP contribution in [0.25, 0.3) is 0 Å². The van der Waals surface area contributed by atoms with Gasteiger partial charge < -0.3 is 4.79 Å². The third kappa shape index (κ3) is 2.86. The Morgan fingerprint density at radius 1 is 0.818 bits per heavy atom. The van der Waals surface area contributed by atoms with Gasteiger partial charge in [-0.3, -0.25) is 0 Å². The Balaban J connectivity index is 0.000000131. The minimum atomic E-state index is 0.118. The van der Waals surface area contributed by atoms with Gasteiger partial charge >= 0.3 is 0 Å². The van der Waals surface area contributed by atoms with Crippen molar-refractivity contribution >= 4 is 6.29 Å². The van der Waals surface area contributed by atoms with Crippen LogP contribution in [0.2, 0.25) is 0 Å². The van der Waals surface area contributed by atoms with E-state index >= 15 is 0 Å². The van der Waals surface area contributed by atoms with Crippen molar-refractivity contribution in [3.63, 3.8) is 0 Å². The second-order valence-electron chi connectivity index (χ2n) is 9.59. The van der Waals surface area contributed by atoms with E-state index in [1.54, 1.807) is 0 Å². The number of aldehydes is 1. The highest BCUT2D eigenvalue weighted by atomic mass is 16.1. The van der Waals surface area contributed by atoms with Gasteiger partial charge in [0.05, 0.1) is 0 Å². The molecule has 4 unspecified atom stereocenters. The normalized spacial score (nSPS) is 49.0. The lowest BCUT2D eigenvalue weighted by Gasteiger charge is -2.33. The van der Waals surface area contributed by atoms with Gasteiger partial charge in [0.2, 0.25) is 0 Å². The fourth-order valence-electron chi connectivity index (χ4n) is 6.04. The fourth-order valence-corrected chi connectivity index (χ4v) is 6.04. The summed E-state index contributed by atoms with van der Waals surface area (Å²) < 4.78 is 0. The number of fused-ring (bicyclic) bond motifs is 4. The molecule has 4 saturated carbocycles. The highest BCUT2D eigenvalue weighted by Gasteiger charge is 2.48. The zero-order chi connectivity index (χ0) is 15.9.